The number of amidine groups is 1. The molecular formula is C14H21N5O. The van der Waals surface area contributed by atoms with Crippen molar-refractivity contribution in [1.29, 1.82) is 5.41 Å². The molecule has 2 fully saturated rings. The van der Waals surface area contributed by atoms with E-state index in [0.717, 1.165) is 38.8 Å². The molecule has 2 aliphatic rings. The van der Waals surface area contributed by atoms with E-state index in [9.17, 15) is 5.11 Å². The smallest absolute Gasteiger partial charge is 0.158 e. The van der Waals surface area contributed by atoms with Crippen molar-refractivity contribution in [3.63, 3.8) is 0 Å². The average Bonchev–Trinajstić information content (AvgIpc) is 2.46. The lowest BCUT2D eigenvalue weighted by Crippen LogP contribution is -2.53. The van der Waals surface area contributed by atoms with Crippen LogP contribution in [0.4, 0.5) is 5.82 Å². The number of hydrogen-bond acceptors (Lipinski definition) is 5. The van der Waals surface area contributed by atoms with Crippen molar-refractivity contribution in [2.24, 2.45) is 11.7 Å². The summed E-state index contributed by atoms with van der Waals surface area (Å²) in [4.78, 5) is 10.6. The van der Waals surface area contributed by atoms with E-state index in [1.165, 1.54) is 6.42 Å². The molecule has 1 aliphatic heterocycles. The van der Waals surface area contributed by atoms with E-state index >= 15 is 0 Å². The maximum atomic E-state index is 10.7. The molecule has 2 atom stereocenters. The van der Waals surface area contributed by atoms with Crippen molar-refractivity contribution in [2.75, 3.05) is 18.0 Å². The first-order valence-electron chi connectivity index (χ1n) is 7.23. The molecule has 0 bridgehead atoms. The van der Waals surface area contributed by atoms with Gasteiger partial charge in [-0.1, -0.05) is 12.8 Å². The molecule has 6 nitrogen and oxygen atoms in total. The molecule has 4 N–H and O–H groups in total. The van der Waals surface area contributed by atoms with Gasteiger partial charge in [0.15, 0.2) is 5.82 Å². The first-order valence-corrected chi connectivity index (χ1v) is 7.23. The highest BCUT2D eigenvalue weighted by molar-refractivity contribution is 5.97. The number of aromatic nitrogens is 2. The molecule has 2 unspecified atom stereocenters. The zero-order chi connectivity index (χ0) is 14.2. The van der Waals surface area contributed by atoms with E-state index in [4.69, 9.17) is 11.1 Å². The largest absolute Gasteiger partial charge is 0.389 e. The molecule has 20 heavy (non-hydrogen) atoms. The first kappa shape index (κ1) is 13.3. The molecule has 1 aromatic rings. The Morgan fingerprint density at radius 2 is 2.15 bits per heavy atom. The Morgan fingerprint density at radius 1 is 1.35 bits per heavy atom. The van der Waals surface area contributed by atoms with Gasteiger partial charge in [-0.3, -0.25) is 5.41 Å². The minimum atomic E-state index is -0.507. The molecule has 1 saturated heterocycles. The molecule has 0 spiro atoms. The second-order valence-electron chi connectivity index (χ2n) is 5.88. The van der Waals surface area contributed by atoms with Gasteiger partial charge in [0.05, 0.1) is 5.60 Å². The van der Waals surface area contributed by atoms with E-state index in [1.807, 2.05) is 0 Å². The Morgan fingerprint density at radius 3 is 2.95 bits per heavy atom. The van der Waals surface area contributed by atoms with Crippen LogP contribution in [0, 0.1) is 11.3 Å². The minimum absolute atomic E-state index is 0.0578. The number of anilines is 1. The van der Waals surface area contributed by atoms with Crippen LogP contribution < -0.4 is 10.6 Å². The Kier molecular flexibility index (Phi) is 3.33. The summed E-state index contributed by atoms with van der Waals surface area (Å²) in [7, 11) is 0. The van der Waals surface area contributed by atoms with Gasteiger partial charge in [0.25, 0.3) is 0 Å². The highest BCUT2D eigenvalue weighted by Gasteiger charge is 2.43. The van der Waals surface area contributed by atoms with E-state index < -0.39 is 5.60 Å². The molecule has 2 heterocycles. The lowest BCUT2D eigenvalue weighted by atomic mass is 9.71. The van der Waals surface area contributed by atoms with Crippen molar-refractivity contribution in [3.05, 3.63) is 18.1 Å². The molecule has 0 amide bonds. The summed E-state index contributed by atoms with van der Waals surface area (Å²) in [6.45, 7) is 1.52. The number of nitrogens with two attached hydrogens (primary N) is 1. The SMILES string of the molecule is N=C(N)c1nccnc1N1CCC2(O)CCCCC2C1. The number of nitrogens with zero attached hydrogens (tertiary/aromatic N) is 3. The number of fused-ring (bicyclic) bond motifs is 1. The van der Waals surface area contributed by atoms with Gasteiger partial charge in [-0.25, -0.2) is 9.97 Å². The molecular weight excluding hydrogens is 254 g/mol. The quantitative estimate of drug-likeness (QED) is 0.550. The highest BCUT2D eigenvalue weighted by atomic mass is 16.3. The molecule has 1 aliphatic carbocycles. The maximum Gasteiger partial charge on any atom is 0.158 e. The van der Waals surface area contributed by atoms with Crippen LogP contribution >= 0.6 is 0 Å². The van der Waals surface area contributed by atoms with Crippen molar-refractivity contribution >= 4 is 11.7 Å². The molecule has 1 aromatic heterocycles. The topological polar surface area (TPSA) is 99.1 Å². The first-order chi connectivity index (χ1) is 9.60. The van der Waals surface area contributed by atoms with Crippen LogP contribution in [0.1, 0.15) is 37.8 Å². The minimum Gasteiger partial charge on any atom is -0.389 e. The van der Waals surface area contributed by atoms with Gasteiger partial charge in [0, 0.05) is 31.4 Å². The van der Waals surface area contributed by atoms with Gasteiger partial charge < -0.3 is 15.7 Å². The highest BCUT2D eigenvalue weighted by Crippen LogP contribution is 2.40. The molecule has 108 valence electrons. The van der Waals surface area contributed by atoms with Crippen LogP contribution in [-0.2, 0) is 0 Å². The normalized spacial score (nSPS) is 29.9. The summed E-state index contributed by atoms with van der Waals surface area (Å²) in [5.41, 5.74) is 5.52. The second-order valence-corrected chi connectivity index (χ2v) is 5.88. The van der Waals surface area contributed by atoms with E-state index in [0.29, 0.717) is 11.5 Å². The van der Waals surface area contributed by atoms with Gasteiger partial charge in [-0.05, 0) is 19.3 Å². The second kappa shape index (κ2) is 5.01. The lowest BCUT2D eigenvalue weighted by Gasteiger charge is -2.47. The summed E-state index contributed by atoms with van der Waals surface area (Å²) in [5.74, 6) is 0.900. The Hall–Kier alpha value is -1.69. The van der Waals surface area contributed by atoms with E-state index in [2.05, 4.69) is 14.9 Å². The summed E-state index contributed by atoms with van der Waals surface area (Å²) in [6, 6.07) is 0. The van der Waals surface area contributed by atoms with Crippen LogP contribution in [0.15, 0.2) is 12.4 Å². The fourth-order valence-corrected chi connectivity index (χ4v) is 3.52. The summed E-state index contributed by atoms with van der Waals surface area (Å²) in [5, 5.41) is 18.3. The Balaban J connectivity index is 1.85. The van der Waals surface area contributed by atoms with Crippen LogP contribution in [0.25, 0.3) is 0 Å². The van der Waals surface area contributed by atoms with Gasteiger partial charge in [-0.15, -0.1) is 0 Å². The predicted molar refractivity (Wildman–Crippen MR) is 76.8 cm³/mol. The van der Waals surface area contributed by atoms with E-state index in [1.54, 1.807) is 12.4 Å². The Bertz CT molecular complexity index is 520. The monoisotopic (exact) mass is 275 g/mol. The number of aliphatic hydroxyl groups is 1. The van der Waals surface area contributed by atoms with Crippen LogP contribution in [-0.4, -0.2) is 39.6 Å². The third kappa shape index (κ3) is 2.24. The molecule has 0 aromatic carbocycles. The molecule has 3 rings (SSSR count). The lowest BCUT2D eigenvalue weighted by molar-refractivity contribution is -0.0613. The van der Waals surface area contributed by atoms with Crippen LogP contribution in [0.5, 0.6) is 0 Å². The summed E-state index contributed by atoms with van der Waals surface area (Å²) in [6.07, 6.45) is 8.21. The molecule has 1 saturated carbocycles. The molecule has 0 radical (unpaired) electrons. The number of rotatable bonds is 2. The zero-order valence-electron chi connectivity index (χ0n) is 11.5. The van der Waals surface area contributed by atoms with Crippen molar-refractivity contribution in [2.45, 2.75) is 37.7 Å². The average molecular weight is 275 g/mol. The van der Waals surface area contributed by atoms with Gasteiger partial charge in [0.2, 0.25) is 0 Å². The summed E-state index contributed by atoms with van der Waals surface area (Å²) >= 11 is 0. The van der Waals surface area contributed by atoms with Gasteiger partial charge in [-0.2, -0.15) is 0 Å². The maximum absolute atomic E-state index is 10.7. The summed E-state index contributed by atoms with van der Waals surface area (Å²) < 4.78 is 0. The fourth-order valence-electron chi connectivity index (χ4n) is 3.52. The van der Waals surface area contributed by atoms with Crippen LogP contribution in [0.3, 0.4) is 0 Å². The van der Waals surface area contributed by atoms with Crippen molar-refractivity contribution in [1.82, 2.24) is 9.97 Å². The number of nitrogens with one attached hydrogen (secondary N) is 1. The standard InChI is InChI=1S/C14H21N5O/c15-12(16)11-13(18-7-6-17-11)19-8-5-14(20)4-2-1-3-10(14)9-19/h6-7,10,20H,1-5,8-9H2,(H3,15,16). The van der Waals surface area contributed by atoms with Gasteiger partial charge in [0.1, 0.15) is 11.5 Å². The number of piperidine rings is 1. The van der Waals surface area contributed by atoms with Crippen molar-refractivity contribution in [3.8, 4) is 0 Å². The molecule has 6 heteroatoms. The number of hydrogen-bond donors (Lipinski definition) is 3. The third-order valence-electron chi connectivity index (χ3n) is 4.66. The van der Waals surface area contributed by atoms with Gasteiger partial charge >= 0.3 is 0 Å². The van der Waals surface area contributed by atoms with Crippen LogP contribution in [0.2, 0.25) is 0 Å². The third-order valence-corrected chi connectivity index (χ3v) is 4.66. The predicted octanol–water partition coefficient (Wildman–Crippen LogP) is 0.892. The fraction of sp³-hybridized carbons (Fsp3) is 0.643. The number of nitrogen functional groups attached to an aromatic ring is 1. The van der Waals surface area contributed by atoms with Crippen molar-refractivity contribution < 1.29 is 5.11 Å². The van der Waals surface area contributed by atoms with E-state index in [-0.39, 0.29) is 11.8 Å². The zero-order valence-corrected chi connectivity index (χ0v) is 11.5. The Labute approximate surface area is 118 Å².